The summed E-state index contributed by atoms with van der Waals surface area (Å²) in [6.07, 6.45) is 1.09. The normalized spacial score (nSPS) is 9.69. The van der Waals surface area contributed by atoms with Crippen molar-refractivity contribution in [3.05, 3.63) is 40.9 Å². The molecule has 70 valence electrons. The number of nitrogens with one attached hydrogen (secondary N) is 1. The summed E-state index contributed by atoms with van der Waals surface area (Å²) >= 11 is 3.30. The molecule has 0 unspecified atom stereocenters. The third-order valence-electron chi connectivity index (χ3n) is 1.85. The van der Waals surface area contributed by atoms with Crippen LogP contribution in [0.15, 0.2) is 35.3 Å². The third-order valence-corrected chi connectivity index (χ3v) is 2.13. The standard InChI is InChI=1S/C11H14BrN/c1-3-10-4-6-11(7-5-10)13-8-9(2)12/h4-7,13H,2-3,8H2,1H3. The average molecular weight is 240 g/mol. The second-order valence-corrected chi connectivity index (χ2v) is 4.04. The minimum Gasteiger partial charge on any atom is -0.380 e. The van der Waals surface area contributed by atoms with Gasteiger partial charge in [-0.05, 0) is 24.1 Å². The van der Waals surface area contributed by atoms with Crippen LogP contribution in [0.3, 0.4) is 0 Å². The molecule has 1 aromatic rings. The first kappa shape index (κ1) is 10.3. The fourth-order valence-corrected chi connectivity index (χ4v) is 1.20. The molecule has 13 heavy (non-hydrogen) atoms. The maximum Gasteiger partial charge on any atom is 0.0460 e. The molecule has 0 heterocycles. The van der Waals surface area contributed by atoms with Gasteiger partial charge in [0.05, 0.1) is 0 Å². The van der Waals surface area contributed by atoms with E-state index in [4.69, 9.17) is 0 Å². The van der Waals surface area contributed by atoms with Gasteiger partial charge in [0.2, 0.25) is 0 Å². The molecule has 0 aromatic heterocycles. The number of aryl methyl sites for hydroxylation is 1. The molecule has 1 N–H and O–H groups in total. The summed E-state index contributed by atoms with van der Waals surface area (Å²) in [5, 5.41) is 3.25. The molecular formula is C11H14BrN. The smallest absolute Gasteiger partial charge is 0.0460 e. The van der Waals surface area contributed by atoms with E-state index in [9.17, 15) is 0 Å². The van der Waals surface area contributed by atoms with Crippen molar-refractivity contribution >= 4 is 21.6 Å². The Morgan fingerprint density at radius 1 is 1.38 bits per heavy atom. The van der Waals surface area contributed by atoms with Gasteiger partial charge in [0.25, 0.3) is 0 Å². The molecule has 0 atom stereocenters. The van der Waals surface area contributed by atoms with Crippen LogP contribution >= 0.6 is 15.9 Å². The third kappa shape index (κ3) is 3.64. The molecule has 0 fully saturated rings. The van der Waals surface area contributed by atoms with E-state index in [2.05, 4.69) is 59.0 Å². The van der Waals surface area contributed by atoms with Crippen LogP contribution in [0.25, 0.3) is 0 Å². The Kier molecular flexibility index (Phi) is 4.03. The first-order valence-corrected chi connectivity index (χ1v) is 5.17. The lowest BCUT2D eigenvalue weighted by Crippen LogP contribution is -2.00. The fraction of sp³-hybridized carbons (Fsp3) is 0.273. The molecule has 0 saturated carbocycles. The SMILES string of the molecule is C=C(Br)CNc1ccc(CC)cc1. The van der Waals surface area contributed by atoms with Crippen molar-refractivity contribution in [2.45, 2.75) is 13.3 Å². The van der Waals surface area contributed by atoms with Crippen LogP contribution in [0.5, 0.6) is 0 Å². The number of hydrogen-bond acceptors (Lipinski definition) is 1. The van der Waals surface area contributed by atoms with Gasteiger partial charge in [0.15, 0.2) is 0 Å². The van der Waals surface area contributed by atoms with E-state index in [1.165, 1.54) is 5.56 Å². The Morgan fingerprint density at radius 2 is 2.00 bits per heavy atom. The highest BCUT2D eigenvalue weighted by Gasteiger charge is 1.92. The second-order valence-electron chi connectivity index (χ2n) is 2.92. The lowest BCUT2D eigenvalue weighted by molar-refractivity contribution is 1.14. The summed E-state index contributed by atoms with van der Waals surface area (Å²) in [5.41, 5.74) is 2.50. The van der Waals surface area contributed by atoms with Crippen molar-refractivity contribution in [3.8, 4) is 0 Å². The van der Waals surface area contributed by atoms with Gasteiger partial charge in [0.1, 0.15) is 0 Å². The number of hydrogen-bond donors (Lipinski definition) is 1. The van der Waals surface area contributed by atoms with Crippen molar-refractivity contribution in [3.63, 3.8) is 0 Å². The zero-order valence-electron chi connectivity index (χ0n) is 7.81. The minimum atomic E-state index is 0.769. The van der Waals surface area contributed by atoms with Crippen molar-refractivity contribution < 1.29 is 0 Å². The van der Waals surface area contributed by atoms with E-state index in [-0.39, 0.29) is 0 Å². The van der Waals surface area contributed by atoms with Gasteiger partial charge in [-0.25, -0.2) is 0 Å². The fourth-order valence-electron chi connectivity index (χ4n) is 1.06. The van der Waals surface area contributed by atoms with Crippen LogP contribution in [0.2, 0.25) is 0 Å². The van der Waals surface area contributed by atoms with E-state index >= 15 is 0 Å². The van der Waals surface area contributed by atoms with Crippen LogP contribution in [-0.2, 0) is 6.42 Å². The first-order valence-electron chi connectivity index (χ1n) is 4.38. The minimum absolute atomic E-state index is 0.769. The van der Waals surface area contributed by atoms with Crippen molar-refractivity contribution in [1.82, 2.24) is 0 Å². The van der Waals surface area contributed by atoms with Crippen LogP contribution < -0.4 is 5.32 Å². The van der Waals surface area contributed by atoms with Gasteiger partial charge in [-0.15, -0.1) is 0 Å². The van der Waals surface area contributed by atoms with Gasteiger partial charge in [-0.1, -0.05) is 41.6 Å². The van der Waals surface area contributed by atoms with E-state index in [1.807, 2.05) is 0 Å². The average Bonchev–Trinajstić information content (AvgIpc) is 2.15. The highest BCUT2D eigenvalue weighted by Crippen LogP contribution is 2.11. The quantitative estimate of drug-likeness (QED) is 0.848. The Bertz CT molecular complexity index is 277. The van der Waals surface area contributed by atoms with Crippen LogP contribution in [0, 0.1) is 0 Å². The topological polar surface area (TPSA) is 12.0 Å². The van der Waals surface area contributed by atoms with E-state index in [0.717, 1.165) is 23.1 Å². The summed E-state index contributed by atoms with van der Waals surface area (Å²) in [5.74, 6) is 0. The van der Waals surface area contributed by atoms with Crippen molar-refractivity contribution in [1.29, 1.82) is 0 Å². The molecule has 0 amide bonds. The molecule has 0 bridgehead atoms. The summed E-state index contributed by atoms with van der Waals surface area (Å²) in [4.78, 5) is 0. The summed E-state index contributed by atoms with van der Waals surface area (Å²) in [7, 11) is 0. The molecule has 2 heteroatoms. The Hall–Kier alpha value is -0.760. The molecule has 0 aliphatic carbocycles. The zero-order valence-corrected chi connectivity index (χ0v) is 9.39. The predicted octanol–water partition coefficient (Wildman–Crippen LogP) is 3.57. The maximum atomic E-state index is 3.76. The number of rotatable bonds is 4. The molecule has 0 radical (unpaired) electrons. The largest absolute Gasteiger partial charge is 0.380 e. The van der Waals surface area contributed by atoms with E-state index < -0.39 is 0 Å². The highest BCUT2D eigenvalue weighted by atomic mass is 79.9. The van der Waals surface area contributed by atoms with Crippen molar-refractivity contribution in [2.75, 3.05) is 11.9 Å². The van der Waals surface area contributed by atoms with Gasteiger partial charge < -0.3 is 5.32 Å². The molecule has 1 nitrogen and oxygen atoms in total. The van der Waals surface area contributed by atoms with Gasteiger partial charge in [-0.3, -0.25) is 0 Å². The van der Waals surface area contributed by atoms with Gasteiger partial charge >= 0.3 is 0 Å². The molecule has 0 aliphatic rings. The molecule has 0 spiro atoms. The number of halogens is 1. The predicted molar refractivity (Wildman–Crippen MR) is 62.4 cm³/mol. The summed E-state index contributed by atoms with van der Waals surface area (Å²) in [6.45, 7) is 6.68. The van der Waals surface area contributed by atoms with E-state index in [1.54, 1.807) is 0 Å². The lowest BCUT2D eigenvalue weighted by Gasteiger charge is -2.05. The first-order chi connectivity index (χ1) is 6.22. The lowest BCUT2D eigenvalue weighted by atomic mass is 10.1. The van der Waals surface area contributed by atoms with Crippen molar-refractivity contribution in [2.24, 2.45) is 0 Å². The van der Waals surface area contributed by atoms with Crippen LogP contribution in [0.4, 0.5) is 5.69 Å². The highest BCUT2D eigenvalue weighted by molar-refractivity contribution is 9.11. The molecule has 1 rings (SSSR count). The van der Waals surface area contributed by atoms with Crippen LogP contribution in [0.1, 0.15) is 12.5 Å². The Morgan fingerprint density at radius 3 is 2.46 bits per heavy atom. The number of anilines is 1. The Labute approximate surface area is 88.0 Å². The van der Waals surface area contributed by atoms with E-state index in [0.29, 0.717) is 0 Å². The molecular weight excluding hydrogens is 226 g/mol. The summed E-state index contributed by atoms with van der Waals surface area (Å²) in [6, 6.07) is 8.46. The van der Waals surface area contributed by atoms with Gasteiger partial charge in [-0.2, -0.15) is 0 Å². The summed E-state index contributed by atoms with van der Waals surface area (Å²) < 4.78 is 0.965. The molecule has 0 saturated heterocycles. The maximum absolute atomic E-state index is 3.76. The molecule has 0 aliphatic heterocycles. The Balaban J connectivity index is 2.54. The molecule has 1 aromatic carbocycles. The monoisotopic (exact) mass is 239 g/mol. The number of benzene rings is 1. The van der Waals surface area contributed by atoms with Gasteiger partial charge in [0, 0.05) is 16.7 Å². The van der Waals surface area contributed by atoms with Crippen LogP contribution in [-0.4, -0.2) is 6.54 Å². The second kappa shape index (κ2) is 5.07. The zero-order chi connectivity index (χ0) is 9.68.